The maximum Gasteiger partial charge on any atom is 0.233 e. The molecular weight excluding hydrogens is 408 g/mol. The summed E-state index contributed by atoms with van der Waals surface area (Å²) in [5, 5.41) is 0. The second-order valence-corrected chi connectivity index (χ2v) is 9.11. The van der Waals surface area contributed by atoms with Crippen molar-refractivity contribution >= 4 is 5.91 Å². The molecule has 2 saturated heterocycles. The first-order valence-electron chi connectivity index (χ1n) is 12.0. The van der Waals surface area contributed by atoms with Gasteiger partial charge in [-0.3, -0.25) is 9.69 Å². The fourth-order valence-corrected chi connectivity index (χ4v) is 5.47. The van der Waals surface area contributed by atoms with Crippen LogP contribution in [0.15, 0.2) is 91.0 Å². The highest BCUT2D eigenvalue weighted by molar-refractivity contribution is 5.88. The predicted molar refractivity (Wildman–Crippen MR) is 131 cm³/mol. The molecule has 2 heterocycles. The summed E-state index contributed by atoms with van der Waals surface area (Å²) >= 11 is 0. The van der Waals surface area contributed by atoms with Crippen molar-refractivity contribution in [3.8, 4) is 0 Å². The van der Waals surface area contributed by atoms with Crippen LogP contribution in [0.4, 0.5) is 0 Å². The van der Waals surface area contributed by atoms with Gasteiger partial charge in [-0.25, -0.2) is 0 Å². The normalized spacial score (nSPS) is 18.9. The highest BCUT2D eigenvalue weighted by Gasteiger charge is 2.44. The number of ether oxygens (including phenoxy) is 1. The summed E-state index contributed by atoms with van der Waals surface area (Å²) < 4.78 is 5.65. The Bertz CT molecular complexity index is 985. The van der Waals surface area contributed by atoms with Crippen molar-refractivity contribution in [2.45, 2.75) is 24.3 Å². The van der Waals surface area contributed by atoms with Crippen LogP contribution in [0.1, 0.15) is 35.6 Å². The average molecular weight is 441 g/mol. The van der Waals surface area contributed by atoms with E-state index in [4.69, 9.17) is 4.74 Å². The van der Waals surface area contributed by atoms with E-state index in [0.717, 1.165) is 44.6 Å². The number of carbonyl (C=O) groups excluding carboxylic acids is 1. The molecule has 0 spiro atoms. The minimum Gasteiger partial charge on any atom is -0.381 e. The van der Waals surface area contributed by atoms with E-state index in [0.29, 0.717) is 13.2 Å². The molecule has 0 aliphatic carbocycles. The Kier molecular flexibility index (Phi) is 6.56. The third kappa shape index (κ3) is 4.46. The molecule has 0 N–H and O–H groups in total. The van der Waals surface area contributed by atoms with E-state index in [-0.39, 0.29) is 11.9 Å². The van der Waals surface area contributed by atoms with Crippen LogP contribution < -0.4 is 0 Å². The van der Waals surface area contributed by atoms with Gasteiger partial charge in [0.2, 0.25) is 5.91 Å². The van der Waals surface area contributed by atoms with Gasteiger partial charge in [0.15, 0.2) is 0 Å². The van der Waals surface area contributed by atoms with Crippen molar-refractivity contribution < 1.29 is 9.53 Å². The highest BCUT2D eigenvalue weighted by atomic mass is 16.5. The first-order valence-corrected chi connectivity index (χ1v) is 12.0. The Labute approximate surface area is 196 Å². The number of hydrogen-bond donors (Lipinski definition) is 0. The van der Waals surface area contributed by atoms with Gasteiger partial charge in [0.25, 0.3) is 0 Å². The Morgan fingerprint density at radius 3 is 1.70 bits per heavy atom. The molecule has 2 fully saturated rings. The van der Waals surface area contributed by atoms with E-state index in [1.54, 1.807) is 0 Å². The van der Waals surface area contributed by atoms with Crippen molar-refractivity contribution in [2.24, 2.45) is 0 Å². The predicted octanol–water partition coefficient (Wildman–Crippen LogP) is 4.67. The van der Waals surface area contributed by atoms with Gasteiger partial charge in [-0.05, 0) is 29.5 Å². The minimum absolute atomic E-state index is 0.204. The van der Waals surface area contributed by atoms with Crippen LogP contribution in [0, 0.1) is 0 Å². The molecule has 3 aromatic rings. The molecule has 4 nitrogen and oxygen atoms in total. The summed E-state index contributed by atoms with van der Waals surface area (Å²) in [6.07, 6.45) is 1.51. The molecule has 33 heavy (non-hydrogen) atoms. The molecule has 1 amide bonds. The molecule has 0 bridgehead atoms. The standard InChI is InChI=1S/C29H32N2O2/c32-28(29(16-22-33-23-17-29)26-14-8-3-9-15-26)31-20-18-30(19-21-31)27(24-10-4-1-5-11-24)25-12-6-2-7-13-25/h1-15,27H,16-23H2. The summed E-state index contributed by atoms with van der Waals surface area (Å²) in [6, 6.07) is 32.0. The maximum absolute atomic E-state index is 13.9. The molecule has 2 aliphatic rings. The van der Waals surface area contributed by atoms with Gasteiger partial charge < -0.3 is 9.64 Å². The van der Waals surface area contributed by atoms with Crippen molar-refractivity contribution in [1.29, 1.82) is 0 Å². The van der Waals surface area contributed by atoms with Crippen molar-refractivity contribution in [3.05, 3.63) is 108 Å². The fraction of sp³-hybridized carbons (Fsp3) is 0.345. The molecular formula is C29H32N2O2. The molecule has 5 rings (SSSR count). The van der Waals surface area contributed by atoms with E-state index in [2.05, 4.69) is 82.6 Å². The number of piperazine rings is 1. The number of amides is 1. The SMILES string of the molecule is O=C(N1CCN(C(c2ccccc2)c2ccccc2)CC1)C1(c2ccccc2)CCOCC1. The van der Waals surface area contributed by atoms with Crippen molar-refractivity contribution in [1.82, 2.24) is 9.80 Å². The molecule has 2 aliphatic heterocycles. The summed E-state index contributed by atoms with van der Waals surface area (Å²) in [5.41, 5.74) is 3.27. The lowest BCUT2D eigenvalue weighted by atomic mass is 9.73. The van der Waals surface area contributed by atoms with E-state index < -0.39 is 5.41 Å². The number of hydrogen-bond acceptors (Lipinski definition) is 3. The second-order valence-electron chi connectivity index (χ2n) is 9.11. The average Bonchev–Trinajstić information content (AvgIpc) is 2.91. The van der Waals surface area contributed by atoms with Crippen LogP contribution in [0.25, 0.3) is 0 Å². The van der Waals surface area contributed by atoms with Crippen LogP contribution in [-0.4, -0.2) is 55.1 Å². The number of carbonyl (C=O) groups is 1. The lowest BCUT2D eigenvalue weighted by Gasteiger charge is -2.44. The molecule has 170 valence electrons. The largest absolute Gasteiger partial charge is 0.381 e. The molecule has 0 saturated carbocycles. The zero-order valence-electron chi connectivity index (χ0n) is 19.1. The fourth-order valence-electron chi connectivity index (χ4n) is 5.47. The lowest BCUT2D eigenvalue weighted by Crippen LogP contribution is -2.56. The zero-order chi connectivity index (χ0) is 22.5. The summed E-state index contributed by atoms with van der Waals surface area (Å²) in [4.78, 5) is 18.6. The smallest absolute Gasteiger partial charge is 0.233 e. The van der Waals surface area contributed by atoms with E-state index in [1.807, 2.05) is 18.2 Å². The topological polar surface area (TPSA) is 32.8 Å². The first-order chi connectivity index (χ1) is 16.3. The van der Waals surface area contributed by atoms with Gasteiger partial charge in [0.05, 0.1) is 11.5 Å². The van der Waals surface area contributed by atoms with Gasteiger partial charge in [-0.2, -0.15) is 0 Å². The van der Waals surface area contributed by atoms with E-state index >= 15 is 0 Å². The Morgan fingerprint density at radius 2 is 1.18 bits per heavy atom. The molecule has 0 aromatic heterocycles. The lowest BCUT2D eigenvalue weighted by molar-refractivity contribution is -0.143. The van der Waals surface area contributed by atoms with Gasteiger partial charge in [-0.15, -0.1) is 0 Å². The van der Waals surface area contributed by atoms with Crippen LogP contribution in [-0.2, 0) is 14.9 Å². The summed E-state index contributed by atoms with van der Waals surface area (Å²) in [5.74, 6) is 0.271. The molecule has 3 aromatic carbocycles. The number of benzene rings is 3. The summed E-state index contributed by atoms with van der Waals surface area (Å²) in [7, 11) is 0. The van der Waals surface area contributed by atoms with Gasteiger partial charge in [0.1, 0.15) is 0 Å². The summed E-state index contributed by atoms with van der Waals surface area (Å²) in [6.45, 7) is 4.52. The van der Waals surface area contributed by atoms with Crippen LogP contribution in [0.3, 0.4) is 0 Å². The maximum atomic E-state index is 13.9. The zero-order valence-corrected chi connectivity index (χ0v) is 19.1. The molecule has 0 atom stereocenters. The Hall–Kier alpha value is -2.95. The number of rotatable bonds is 5. The van der Waals surface area contributed by atoms with E-state index in [9.17, 15) is 4.79 Å². The van der Waals surface area contributed by atoms with Crippen LogP contribution >= 0.6 is 0 Å². The van der Waals surface area contributed by atoms with Crippen molar-refractivity contribution in [3.63, 3.8) is 0 Å². The monoisotopic (exact) mass is 440 g/mol. The Morgan fingerprint density at radius 1 is 0.697 bits per heavy atom. The minimum atomic E-state index is -0.458. The van der Waals surface area contributed by atoms with Gasteiger partial charge in [0, 0.05) is 39.4 Å². The molecule has 0 radical (unpaired) electrons. The van der Waals surface area contributed by atoms with Crippen LogP contribution in [0.5, 0.6) is 0 Å². The third-order valence-corrected chi connectivity index (χ3v) is 7.28. The van der Waals surface area contributed by atoms with Crippen LogP contribution in [0.2, 0.25) is 0 Å². The Balaban J connectivity index is 1.36. The second kappa shape index (κ2) is 9.90. The molecule has 0 unspecified atom stereocenters. The first kappa shape index (κ1) is 21.9. The quantitative estimate of drug-likeness (QED) is 0.578. The van der Waals surface area contributed by atoms with Gasteiger partial charge in [-0.1, -0.05) is 91.0 Å². The third-order valence-electron chi connectivity index (χ3n) is 7.28. The number of nitrogens with zero attached hydrogens (tertiary/aromatic N) is 2. The molecule has 4 heteroatoms. The highest BCUT2D eigenvalue weighted by Crippen LogP contribution is 2.37. The van der Waals surface area contributed by atoms with Crippen molar-refractivity contribution in [2.75, 3.05) is 39.4 Å². The van der Waals surface area contributed by atoms with E-state index in [1.165, 1.54) is 11.1 Å². The van der Waals surface area contributed by atoms with Gasteiger partial charge >= 0.3 is 0 Å².